The van der Waals surface area contributed by atoms with Crippen LogP contribution in [0.25, 0.3) is 6.08 Å². The lowest BCUT2D eigenvalue weighted by Gasteiger charge is -2.22. The first kappa shape index (κ1) is 14.1. The molecule has 0 spiro atoms. The van der Waals surface area contributed by atoms with Gasteiger partial charge < -0.3 is 10.1 Å². The van der Waals surface area contributed by atoms with Crippen LogP contribution in [0.15, 0.2) is 30.3 Å². The zero-order valence-corrected chi connectivity index (χ0v) is 11.9. The molecule has 1 fully saturated rings. The molecule has 2 nitrogen and oxygen atoms in total. The predicted molar refractivity (Wildman–Crippen MR) is 81.5 cm³/mol. The van der Waals surface area contributed by atoms with Gasteiger partial charge in [-0.2, -0.15) is 0 Å². The van der Waals surface area contributed by atoms with E-state index in [4.69, 9.17) is 4.74 Å². The molecular formula is C17H25NO. The van der Waals surface area contributed by atoms with Gasteiger partial charge in [0, 0.05) is 18.2 Å². The van der Waals surface area contributed by atoms with Crippen molar-refractivity contribution < 1.29 is 4.74 Å². The maximum Gasteiger partial charge on any atom is 0.126 e. The molecule has 0 atom stereocenters. The fourth-order valence-corrected chi connectivity index (χ4v) is 2.66. The summed E-state index contributed by atoms with van der Waals surface area (Å²) >= 11 is 0. The molecule has 0 radical (unpaired) electrons. The Morgan fingerprint density at radius 2 is 2.00 bits per heavy atom. The lowest BCUT2D eigenvalue weighted by molar-refractivity contribution is 0.289. The lowest BCUT2D eigenvalue weighted by Crippen LogP contribution is -2.34. The molecule has 2 rings (SSSR count). The Balaban J connectivity index is 1.73. The van der Waals surface area contributed by atoms with Crippen LogP contribution in [0.3, 0.4) is 0 Å². The van der Waals surface area contributed by atoms with Crippen molar-refractivity contribution in [3.8, 4) is 5.75 Å². The van der Waals surface area contributed by atoms with Crippen molar-refractivity contribution in [3.05, 3.63) is 35.9 Å². The van der Waals surface area contributed by atoms with Crippen molar-refractivity contribution in [1.29, 1.82) is 0 Å². The number of benzene rings is 1. The third kappa shape index (κ3) is 4.71. The second-order valence-corrected chi connectivity index (χ2v) is 5.18. The van der Waals surface area contributed by atoms with Gasteiger partial charge in [-0.15, -0.1) is 0 Å². The Labute approximate surface area is 116 Å². The van der Waals surface area contributed by atoms with E-state index >= 15 is 0 Å². The minimum atomic E-state index is 0.711. The van der Waals surface area contributed by atoms with Gasteiger partial charge in [-0.1, -0.05) is 49.6 Å². The van der Waals surface area contributed by atoms with Crippen LogP contribution in [0.5, 0.6) is 5.75 Å². The van der Waals surface area contributed by atoms with Gasteiger partial charge in [0.2, 0.25) is 0 Å². The average molecular weight is 259 g/mol. The fourth-order valence-electron chi connectivity index (χ4n) is 2.66. The van der Waals surface area contributed by atoms with Crippen molar-refractivity contribution in [1.82, 2.24) is 5.32 Å². The highest BCUT2D eigenvalue weighted by atomic mass is 16.5. The van der Waals surface area contributed by atoms with E-state index in [2.05, 4.69) is 17.5 Å². The van der Waals surface area contributed by atoms with E-state index in [1.54, 1.807) is 0 Å². The van der Waals surface area contributed by atoms with Crippen LogP contribution < -0.4 is 10.1 Å². The van der Waals surface area contributed by atoms with Gasteiger partial charge in [-0.3, -0.25) is 0 Å². The van der Waals surface area contributed by atoms with Crippen LogP contribution in [0, 0.1) is 0 Å². The van der Waals surface area contributed by atoms with E-state index in [1.807, 2.05) is 31.2 Å². The van der Waals surface area contributed by atoms with E-state index in [9.17, 15) is 0 Å². The first-order valence-corrected chi connectivity index (χ1v) is 7.48. The molecule has 0 unspecified atom stereocenters. The van der Waals surface area contributed by atoms with Crippen molar-refractivity contribution in [2.45, 2.75) is 45.1 Å². The van der Waals surface area contributed by atoms with E-state index in [1.165, 1.54) is 32.1 Å². The second-order valence-electron chi connectivity index (χ2n) is 5.18. The summed E-state index contributed by atoms with van der Waals surface area (Å²) in [4.78, 5) is 0. The molecule has 2 heteroatoms. The van der Waals surface area contributed by atoms with Gasteiger partial charge in [0.05, 0.1) is 0 Å². The number of para-hydroxylation sites is 1. The number of ether oxygens (including phenoxy) is 1. The van der Waals surface area contributed by atoms with Crippen molar-refractivity contribution in [2.24, 2.45) is 0 Å². The molecule has 1 N–H and O–H groups in total. The molecule has 19 heavy (non-hydrogen) atoms. The van der Waals surface area contributed by atoms with E-state index in [0.717, 1.165) is 24.5 Å². The zero-order valence-electron chi connectivity index (χ0n) is 11.9. The van der Waals surface area contributed by atoms with Crippen LogP contribution in [0.4, 0.5) is 0 Å². The first-order valence-electron chi connectivity index (χ1n) is 7.48. The highest BCUT2D eigenvalue weighted by Gasteiger charge is 2.11. The maximum atomic E-state index is 5.87. The molecule has 0 aliphatic heterocycles. The van der Waals surface area contributed by atoms with Crippen LogP contribution in [-0.4, -0.2) is 19.2 Å². The summed E-state index contributed by atoms with van der Waals surface area (Å²) in [6.45, 7) is 3.71. The molecule has 1 saturated carbocycles. The van der Waals surface area contributed by atoms with Crippen molar-refractivity contribution >= 4 is 6.08 Å². The summed E-state index contributed by atoms with van der Waals surface area (Å²) < 4.78 is 5.87. The van der Waals surface area contributed by atoms with E-state index in [0.29, 0.717) is 6.04 Å². The molecule has 104 valence electrons. The number of nitrogens with one attached hydrogen (secondary N) is 1. The number of hydrogen-bond donors (Lipinski definition) is 1. The van der Waals surface area contributed by atoms with Crippen molar-refractivity contribution in [3.63, 3.8) is 0 Å². The number of rotatable bonds is 6. The fraction of sp³-hybridized carbons (Fsp3) is 0.529. The maximum absolute atomic E-state index is 5.87. The summed E-state index contributed by atoms with van der Waals surface area (Å²) in [5.41, 5.74) is 1.16. The topological polar surface area (TPSA) is 21.3 Å². The zero-order chi connectivity index (χ0) is 13.3. The molecule has 0 aromatic heterocycles. The largest absolute Gasteiger partial charge is 0.492 e. The highest BCUT2D eigenvalue weighted by Crippen LogP contribution is 2.19. The monoisotopic (exact) mass is 259 g/mol. The highest BCUT2D eigenvalue weighted by molar-refractivity contribution is 5.56. The number of hydrogen-bond acceptors (Lipinski definition) is 2. The second kappa shape index (κ2) is 8.00. The normalized spacial score (nSPS) is 16.9. The minimum Gasteiger partial charge on any atom is -0.492 e. The minimum absolute atomic E-state index is 0.711. The Kier molecular flexibility index (Phi) is 5.96. The first-order chi connectivity index (χ1) is 9.40. The third-order valence-electron chi connectivity index (χ3n) is 3.66. The smallest absolute Gasteiger partial charge is 0.126 e. The lowest BCUT2D eigenvalue weighted by atomic mass is 9.96. The summed E-state index contributed by atoms with van der Waals surface area (Å²) in [5.74, 6) is 0.978. The molecule has 1 aliphatic carbocycles. The Morgan fingerprint density at radius 3 is 2.79 bits per heavy atom. The van der Waals surface area contributed by atoms with Gasteiger partial charge in [0.1, 0.15) is 12.4 Å². The van der Waals surface area contributed by atoms with Gasteiger partial charge in [0.25, 0.3) is 0 Å². The molecule has 0 saturated heterocycles. The SMILES string of the molecule is CC=Cc1ccccc1OCCNC1CCCCC1. The average Bonchev–Trinajstić information content (AvgIpc) is 2.47. The summed E-state index contributed by atoms with van der Waals surface area (Å²) in [5, 5.41) is 3.60. The van der Waals surface area contributed by atoms with Crippen LogP contribution in [-0.2, 0) is 0 Å². The quantitative estimate of drug-likeness (QED) is 0.779. The van der Waals surface area contributed by atoms with Gasteiger partial charge in [0.15, 0.2) is 0 Å². The molecule has 0 bridgehead atoms. The van der Waals surface area contributed by atoms with Gasteiger partial charge in [-0.05, 0) is 25.8 Å². The van der Waals surface area contributed by atoms with Crippen LogP contribution in [0.2, 0.25) is 0 Å². The Bertz CT molecular complexity index is 394. The predicted octanol–water partition coefficient (Wildman–Crippen LogP) is 4.02. The molecule has 1 aliphatic rings. The third-order valence-corrected chi connectivity index (χ3v) is 3.66. The standard InChI is InChI=1S/C17H25NO/c1-2-8-15-9-6-7-12-17(15)19-14-13-18-16-10-4-3-5-11-16/h2,6-9,12,16,18H,3-5,10-11,13-14H2,1H3. The summed E-state index contributed by atoms with van der Waals surface area (Å²) in [6.07, 6.45) is 11.0. The van der Waals surface area contributed by atoms with Gasteiger partial charge >= 0.3 is 0 Å². The summed E-state index contributed by atoms with van der Waals surface area (Å²) in [7, 11) is 0. The van der Waals surface area contributed by atoms with Gasteiger partial charge in [-0.25, -0.2) is 0 Å². The Hall–Kier alpha value is -1.28. The van der Waals surface area contributed by atoms with Crippen molar-refractivity contribution in [2.75, 3.05) is 13.2 Å². The van der Waals surface area contributed by atoms with Crippen LogP contribution >= 0.6 is 0 Å². The molecule has 0 amide bonds. The number of allylic oxidation sites excluding steroid dienone is 1. The van der Waals surface area contributed by atoms with Crippen LogP contribution in [0.1, 0.15) is 44.6 Å². The van der Waals surface area contributed by atoms with E-state index < -0.39 is 0 Å². The molecule has 1 aromatic rings. The van der Waals surface area contributed by atoms with E-state index in [-0.39, 0.29) is 0 Å². The Morgan fingerprint density at radius 1 is 1.21 bits per heavy atom. The summed E-state index contributed by atoms with van der Waals surface area (Å²) in [6, 6.07) is 8.90. The molecule has 1 aromatic carbocycles. The molecular weight excluding hydrogens is 234 g/mol. The molecule has 0 heterocycles.